The molecule has 1 saturated heterocycles. The third-order valence-corrected chi connectivity index (χ3v) is 6.72. The molecule has 1 amide bonds. The molecule has 1 aromatic carbocycles. The molecule has 8 heteroatoms. The molecule has 2 aromatic rings. The normalized spacial score (nSPS) is 25.0. The predicted octanol–water partition coefficient (Wildman–Crippen LogP) is 3.85. The number of hydrogen-bond donors (Lipinski definition) is 2. The molecule has 33 heavy (non-hydrogen) atoms. The summed E-state index contributed by atoms with van der Waals surface area (Å²) in [5.41, 5.74) is 3.08. The Morgan fingerprint density at radius 1 is 0.970 bits per heavy atom. The lowest BCUT2D eigenvalue weighted by Crippen LogP contribution is -2.44. The molecule has 3 heterocycles. The summed E-state index contributed by atoms with van der Waals surface area (Å²) in [6.07, 6.45) is 9.84. The van der Waals surface area contributed by atoms with E-state index in [9.17, 15) is 14.9 Å². The quantitative estimate of drug-likeness (QED) is 0.543. The highest BCUT2D eigenvalue weighted by atomic mass is 16.6. The Bertz CT molecular complexity index is 1110. The second kappa shape index (κ2) is 9.15. The lowest BCUT2D eigenvalue weighted by molar-refractivity contribution is -0.397. The highest BCUT2D eigenvalue weighted by Gasteiger charge is 2.39. The minimum Gasteiger partial charge on any atom is -0.368 e. The molecule has 1 saturated carbocycles. The molecule has 0 spiro atoms. The van der Waals surface area contributed by atoms with Gasteiger partial charge in [0.2, 0.25) is 0 Å². The van der Waals surface area contributed by atoms with Gasteiger partial charge in [-0.3, -0.25) is 15.1 Å². The molecule has 5 rings (SSSR count). The van der Waals surface area contributed by atoms with Crippen LogP contribution in [-0.2, 0) is 9.53 Å². The molecule has 0 radical (unpaired) electrons. The molecule has 3 unspecified atom stereocenters. The zero-order chi connectivity index (χ0) is 22.8. The number of nitrogens with zero attached hydrogens (tertiary/aromatic N) is 2. The number of benzene rings is 1. The number of nitro groups is 1. The van der Waals surface area contributed by atoms with Crippen LogP contribution < -0.4 is 10.6 Å². The van der Waals surface area contributed by atoms with E-state index in [2.05, 4.69) is 15.6 Å². The first-order valence-corrected chi connectivity index (χ1v) is 11.4. The smallest absolute Gasteiger partial charge is 0.368 e. The van der Waals surface area contributed by atoms with Crippen LogP contribution in [0.2, 0.25) is 0 Å². The van der Waals surface area contributed by atoms with Gasteiger partial charge in [-0.2, -0.15) is 0 Å². The average molecular weight is 447 g/mol. The number of nitrogens with one attached hydrogen (secondary N) is 2. The number of rotatable bonds is 4. The number of carbonyl (C=O) groups is 1. The van der Waals surface area contributed by atoms with Crippen molar-refractivity contribution in [2.24, 2.45) is 5.92 Å². The number of ether oxygens (including phenoxy) is 1. The third kappa shape index (κ3) is 4.26. The van der Waals surface area contributed by atoms with E-state index in [1.54, 1.807) is 24.5 Å². The van der Waals surface area contributed by atoms with Crippen molar-refractivity contribution >= 4 is 17.3 Å². The van der Waals surface area contributed by atoms with Crippen LogP contribution in [-0.4, -0.2) is 28.0 Å². The number of aromatic nitrogens is 1. The highest BCUT2D eigenvalue weighted by Crippen LogP contribution is 2.39. The maximum atomic E-state index is 12.6. The second-order valence-corrected chi connectivity index (χ2v) is 8.74. The monoisotopic (exact) mass is 446 g/mol. The van der Waals surface area contributed by atoms with Gasteiger partial charge < -0.3 is 15.4 Å². The summed E-state index contributed by atoms with van der Waals surface area (Å²) in [4.78, 5) is 27.3. The van der Waals surface area contributed by atoms with E-state index in [0.717, 1.165) is 30.5 Å². The van der Waals surface area contributed by atoms with Crippen LogP contribution in [0, 0.1) is 16.0 Å². The van der Waals surface area contributed by atoms with Crippen molar-refractivity contribution in [3.63, 3.8) is 0 Å². The van der Waals surface area contributed by atoms with Crippen LogP contribution in [0.1, 0.15) is 49.7 Å². The Hall–Kier alpha value is -3.52. The largest absolute Gasteiger partial charge is 0.494 e. The van der Waals surface area contributed by atoms with Gasteiger partial charge in [-0.25, -0.2) is 4.79 Å². The zero-order valence-corrected chi connectivity index (χ0v) is 18.2. The van der Waals surface area contributed by atoms with E-state index >= 15 is 0 Å². The Balaban J connectivity index is 1.58. The van der Waals surface area contributed by atoms with Crippen molar-refractivity contribution in [3.05, 3.63) is 87.5 Å². The topological polar surface area (TPSA) is 106 Å². The summed E-state index contributed by atoms with van der Waals surface area (Å²) in [5, 5.41) is 17.9. The second-order valence-electron chi connectivity index (χ2n) is 8.74. The summed E-state index contributed by atoms with van der Waals surface area (Å²) < 4.78 is 6.59. The molecule has 170 valence electrons. The van der Waals surface area contributed by atoms with Gasteiger partial charge in [-0.15, -0.1) is 0 Å². The minimum absolute atomic E-state index is 0.109. The zero-order valence-electron chi connectivity index (χ0n) is 18.2. The van der Waals surface area contributed by atoms with Gasteiger partial charge in [-0.05, 0) is 49.3 Å². The Kier molecular flexibility index (Phi) is 5.92. The molecule has 2 aliphatic heterocycles. The number of hydrogen-bond acceptors (Lipinski definition) is 7. The summed E-state index contributed by atoms with van der Waals surface area (Å²) in [5.74, 6) is -0.613. The fraction of sp³-hybridized carbons (Fsp3) is 0.360. The number of fused-ring (bicyclic) bond motifs is 1. The summed E-state index contributed by atoms with van der Waals surface area (Å²) >= 11 is 0. The van der Waals surface area contributed by atoms with Crippen molar-refractivity contribution < 1.29 is 14.5 Å². The molecular formula is C25H26N4O4. The van der Waals surface area contributed by atoms with Crippen molar-refractivity contribution in [3.8, 4) is 0 Å². The summed E-state index contributed by atoms with van der Waals surface area (Å²) in [6, 6.07) is 13.0. The molecule has 1 aromatic heterocycles. The lowest BCUT2D eigenvalue weighted by atomic mass is 9.80. The molecular weight excluding hydrogens is 420 g/mol. The highest BCUT2D eigenvalue weighted by molar-refractivity contribution is 5.99. The maximum absolute atomic E-state index is 12.6. The van der Waals surface area contributed by atoms with Crippen LogP contribution in [0.15, 0.2) is 66.3 Å². The number of carbonyl (C=O) groups excluding carboxylic acids is 1. The molecule has 2 N–H and O–H groups in total. The Labute approximate surface area is 191 Å². The molecule has 3 atom stereocenters. The van der Waals surface area contributed by atoms with Crippen molar-refractivity contribution in [1.29, 1.82) is 0 Å². The molecule has 3 aliphatic rings. The molecule has 1 aliphatic carbocycles. The van der Waals surface area contributed by atoms with Crippen LogP contribution in [0.4, 0.5) is 0 Å². The third-order valence-electron chi connectivity index (χ3n) is 6.72. The van der Waals surface area contributed by atoms with Gasteiger partial charge in [0.1, 0.15) is 4.92 Å². The van der Waals surface area contributed by atoms with E-state index in [1.807, 2.05) is 30.3 Å². The Morgan fingerprint density at radius 3 is 2.52 bits per heavy atom. The first-order valence-electron chi connectivity index (χ1n) is 11.4. The maximum Gasteiger partial charge on any atom is 0.494 e. The van der Waals surface area contributed by atoms with E-state index in [0.29, 0.717) is 22.9 Å². The van der Waals surface area contributed by atoms with Gasteiger partial charge >= 0.3 is 5.91 Å². The van der Waals surface area contributed by atoms with Crippen LogP contribution in [0.25, 0.3) is 11.4 Å². The number of amides is 1. The van der Waals surface area contributed by atoms with E-state index in [-0.39, 0.29) is 17.9 Å². The predicted molar refractivity (Wildman–Crippen MR) is 123 cm³/mol. The van der Waals surface area contributed by atoms with E-state index in [1.165, 1.54) is 19.3 Å². The SMILES string of the molecule is O=C(C1=C(c2cccnc2)NC(C2CCC3CCCCC3O2)=C(c2ccccc2)N1)[N+](=O)[O-]. The molecule has 8 nitrogen and oxygen atoms in total. The van der Waals surface area contributed by atoms with Gasteiger partial charge in [-0.1, -0.05) is 43.2 Å². The van der Waals surface area contributed by atoms with Gasteiger partial charge in [0.05, 0.1) is 29.3 Å². The van der Waals surface area contributed by atoms with Crippen molar-refractivity contribution in [1.82, 2.24) is 15.6 Å². The first-order chi connectivity index (χ1) is 16.1. The summed E-state index contributed by atoms with van der Waals surface area (Å²) in [7, 11) is 0. The van der Waals surface area contributed by atoms with Crippen LogP contribution >= 0.6 is 0 Å². The van der Waals surface area contributed by atoms with E-state index < -0.39 is 10.8 Å². The Morgan fingerprint density at radius 2 is 1.76 bits per heavy atom. The fourth-order valence-corrected chi connectivity index (χ4v) is 5.11. The van der Waals surface area contributed by atoms with Crippen molar-refractivity contribution in [2.45, 2.75) is 50.7 Å². The average Bonchev–Trinajstić information content (AvgIpc) is 2.88. The van der Waals surface area contributed by atoms with E-state index in [4.69, 9.17) is 4.74 Å². The van der Waals surface area contributed by atoms with Crippen molar-refractivity contribution in [2.75, 3.05) is 0 Å². The fourth-order valence-electron chi connectivity index (χ4n) is 5.11. The minimum atomic E-state index is -1.20. The van der Waals surface area contributed by atoms with Gasteiger partial charge in [0, 0.05) is 18.0 Å². The van der Waals surface area contributed by atoms with Crippen LogP contribution in [0.5, 0.6) is 0 Å². The van der Waals surface area contributed by atoms with Gasteiger partial charge in [0.25, 0.3) is 0 Å². The summed E-state index contributed by atoms with van der Waals surface area (Å²) in [6.45, 7) is 0. The standard InChI is InChI=1S/C25H26N4O4/c30-25(29(31)32)24-22(18-10-6-14-26-15-18)27-23(21(28-24)17-8-2-1-3-9-17)20-13-12-16-7-4-5-11-19(16)33-20/h1-3,6,8-10,14-16,19-20,27-28H,4-5,7,11-13H2. The number of pyridine rings is 1. The van der Waals surface area contributed by atoms with Gasteiger partial charge in [0.15, 0.2) is 5.70 Å². The molecule has 0 bridgehead atoms. The molecule has 2 fully saturated rings. The van der Waals surface area contributed by atoms with Crippen LogP contribution in [0.3, 0.4) is 0 Å². The first kappa shape index (κ1) is 21.3. The lowest BCUT2D eigenvalue weighted by Gasteiger charge is -2.41.